The Morgan fingerprint density at radius 1 is 1.37 bits per heavy atom. The van der Waals surface area contributed by atoms with Crippen LogP contribution in [0.15, 0.2) is 24.3 Å². The molecule has 0 aliphatic carbocycles. The Morgan fingerprint density at radius 3 is 2.68 bits per heavy atom. The Balaban J connectivity index is 2.85. The molecule has 0 aliphatic heterocycles. The van der Waals surface area contributed by atoms with Crippen molar-refractivity contribution in [3.63, 3.8) is 0 Å². The summed E-state index contributed by atoms with van der Waals surface area (Å²) in [6.07, 6.45) is 1.06. The van der Waals surface area contributed by atoms with E-state index in [2.05, 4.69) is 18.3 Å². The molecule has 0 radical (unpaired) electrons. The van der Waals surface area contributed by atoms with Crippen molar-refractivity contribution in [2.24, 2.45) is 0 Å². The number of ether oxygens (including phenoxy) is 1. The van der Waals surface area contributed by atoms with Crippen LogP contribution in [-0.4, -0.2) is 28.9 Å². The molecule has 0 heterocycles. The van der Waals surface area contributed by atoms with E-state index in [0.29, 0.717) is 5.75 Å². The molecule has 0 bridgehead atoms. The molecule has 1 rings (SSSR count). The number of hydrogen-bond donors (Lipinski definition) is 1. The van der Waals surface area contributed by atoms with Gasteiger partial charge in [0.15, 0.2) is 0 Å². The summed E-state index contributed by atoms with van der Waals surface area (Å²) in [7, 11) is 0.849. The summed E-state index contributed by atoms with van der Waals surface area (Å²) in [5.74, 6) is 1.49. The fourth-order valence-electron chi connectivity index (χ4n) is 1.81. The average molecular weight is 283 g/mol. The topological polar surface area (TPSA) is 38.3 Å². The first-order valence-corrected chi connectivity index (χ1v) is 8.21. The largest absolute Gasteiger partial charge is 0.497 e. The van der Waals surface area contributed by atoms with Gasteiger partial charge in [-0.25, -0.2) is 0 Å². The zero-order valence-corrected chi connectivity index (χ0v) is 13.1. The van der Waals surface area contributed by atoms with Gasteiger partial charge in [-0.1, -0.05) is 32.9 Å². The van der Waals surface area contributed by atoms with E-state index >= 15 is 0 Å². The van der Waals surface area contributed by atoms with Crippen LogP contribution in [0.1, 0.15) is 38.8 Å². The number of methoxy groups -OCH3 is 1. The maximum atomic E-state index is 12.1. The highest BCUT2D eigenvalue weighted by molar-refractivity contribution is 7.85. The minimum atomic E-state index is -0.818. The standard InChI is InChI=1S/C15H25NO2S/c1-5-9-16-15(11-19(17)12(2)3)13-7-6-8-14(10-13)18-4/h6-8,10,12,15-16H,5,9,11H2,1-4H3. The van der Waals surface area contributed by atoms with Crippen molar-refractivity contribution in [3.05, 3.63) is 29.8 Å². The maximum Gasteiger partial charge on any atom is 0.119 e. The van der Waals surface area contributed by atoms with Crippen molar-refractivity contribution in [1.29, 1.82) is 0 Å². The third kappa shape index (κ3) is 5.33. The van der Waals surface area contributed by atoms with Gasteiger partial charge in [-0.2, -0.15) is 0 Å². The van der Waals surface area contributed by atoms with E-state index in [4.69, 9.17) is 4.74 Å². The Hall–Kier alpha value is -0.870. The van der Waals surface area contributed by atoms with Crippen molar-refractivity contribution in [3.8, 4) is 5.75 Å². The van der Waals surface area contributed by atoms with Gasteiger partial charge in [-0.05, 0) is 30.7 Å². The lowest BCUT2D eigenvalue weighted by molar-refractivity contribution is 0.413. The number of benzene rings is 1. The Morgan fingerprint density at radius 2 is 2.11 bits per heavy atom. The van der Waals surface area contributed by atoms with Crippen LogP contribution in [-0.2, 0) is 10.8 Å². The van der Waals surface area contributed by atoms with Crippen LogP contribution in [0.5, 0.6) is 5.75 Å². The van der Waals surface area contributed by atoms with Crippen molar-refractivity contribution >= 4 is 10.8 Å². The predicted octanol–water partition coefficient (Wildman–Crippen LogP) is 2.89. The van der Waals surface area contributed by atoms with Crippen molar-refractivity contribution in [1.82, 2.24) is 5.32 Å². The molecule has 1 N–H and O–H groups in total. The molecule has 19 heavy (non-hydrogen) atoms. The van der Waals surface area contributed by atoms with Crippen molar-refractivity contribution in [2.75, 3.05) is 19.4 Å². The third-order valence-electron chi connectivity index (χ3n) is 2.99. The minimum absolute atomic E-state index is 0.123. The second kappa shape index (κ2) is 8.33. The molecular formula is C15H25NO2S. The zero-order valence-electron chi connectivity index (χ0n) is 12.3. The summed E-state index contributed by atoms with van der Waals surface area (Å²) in [5.41, 5.74) is 1.14. The van der Waals surface area contributed by atoms with Gasteiger partial charge in [0, 0.05) is 27.8 Å². The molecule has 0 saturated carbocycles. The van der Waals surface area contributed by atoms with Gasteiger partial charge in [0.1, 0.15) is 5.75 Å². The fourth-order valence-corrected chi connectivity index (χ4v) is 2.83. The molecular weight excluding hydrogens is 258 g/mol. The Kier molecular flexibility index (Phi) is 7.10. The van der Waals surface area contributed by atoms with E-state index in [9.17, 15) is 4.21 Å². The summed E-state index contributed by atoms with van der Waals surface area (Å²) in [4.78, 5) is 0. The lowest BCUT2D eigenvalue weighted by atomic mass is 10.1. The highest BCUT2D eigenvalue weighted by Gasteiger charge is 2.16. The van der Waals surface area contributed by atoms with E-state index in [1.54, 1.807) is 7.11 Å². The first-order valence-electron chi connectivity index (χ1n) is 6.83. The van der Waals surface area contributed by atoms with Crippen LogP contribution in [0.2, 0.25) is 0 Å². The lowest BCUT2D eigenvalue weighted by Crippen LogP contribution is -2.29. The highest BCUT2D eigenvalue weighted by atomic mass is 32.2. The number of rotatable bonds is 8. The maximum absolute atomic E-state index is 12.1. The smallest absolute Gasteiger partial charge is 0.119 e. The van der Waals surface area contributed by atoms with E-state index in [-0.39, 0.29) is 11.3 Å². The van der Waals surface area contributed by atoms with E-state index in [1.165, 1.54) is 0 Å². The molecule has 0 saturated heterocycles. The summed E-state index contributed by atoms with van der Waals surface area (Å²) in [6.45, 7) is 7.06. The summed E-state index contributed by atoms with van der Waals surface area (Å²) in [5, 5.41) is 3.67. The summed E-state index contributed by atoms with van der Waals surface area (Å²) >= 11 is 0. The van der Waals surface area contributed by atoms with Crippen LogP contribution in [0, 0.1) is 0 Å². The molecule has 1 aromatic carbocycles. The van der Waals surface area contributed by atoms with Gasteiger partial charge < -0.3 is 10.1 Å². The van der Waals surface area contributed by atoms with Gasteiger partial charge in [0.25, 0.3) is 0 Å². The van der Waals surface area contributed by atoms with Gasteiger partial charge in [-0.3, -0.25) is 4.21 Å². The fraction of sp³-hybridized carbons (Fsp3) is 0.600. The molecule has 0 amide bonds. The van der Waals surface area contributed by atoms with Crippen LogP contribution in [0.25, 0.3) is 0 Å². The molecule has 4 heteroatoms. The molecule has 2 atom stereocenters. The number of hydrogen-bond acceptors (Lipinski definition) is 3. The minimum Gasteiger partial charge on any atom is -0.497 e. The quantitative estimate of drug-likeness (QED) is 0.797. The molecule has 3 nitrogen and oxygen atoms in total. The lowest BCUT2D eigenvalue weighted by Gasteiger charge is -2.20. The highest BCUT2D eigenvalue weighted by Crippen LogP contribution is 2.20. The second-order valence-electron chi connectivity index (χ2n) is 4.88. The molecule has 108 valence electrons. The monoisotopic (exact) mass is 283 g/mol. The van der Waals surface area contributed by atoms with Crippen molar-refractivity contribution in [2.45, 2.75) is 38.5 Å². The van der Waals surface area contributed by atoms with Crippen LogP contribution >= 0.6 is 0 Å². The average Bonchev–Trinajstić information content (AvgIpc) is 2.43. The summed E-state index contributed by atoms with van der Waals surface area (Å²) < 4.78 is 17.3. The Labute approximate surface area is 119 Å². The van der Waals surface area contributed by atoms with Crippen LogP contribution in [0.3, 0.4) is 0 Å². The van der Waals surface area contributed by atoms with Gasteiger partial charge >= 0.3 is 0 Å². The first kappa shape index (κ1) is 16.2. The molecule has 1 aromatic rings. The van der Waals surface area contributed by atoms with Crippen LogP contribution in [0.4, 0.5) is 0 Å². The molecule has 0 aromatic heterocycles. The first-order chi connectivity index (χ1) is 9.08. The second-order valence-corrected chi connectivity index (χ2v) is 6.92. The van der Waals surface area contributed by atoms with Crippen LogP contribution < -0.4 is 10.1 Å². The molecule has 0 spiro atoms. The van der Waals surface area contributed by atoms with Gasteiger partial charge in [0.2, 0.25) is 0 Å². The normalized spacial score (nSPS) is 14.4. The molecule has 0 fully saturated rings. The van der Waals surface area contributed by atoms with Gasteiger partial charge in [0.05, 0.1) is 7.11 Å². The SMILES string of the molecule is CCCNC(CS(=O)C(C)C)c1cccc(OC)c1. The Bertz CT molecular complexity index is 407. The van der Waals surface area contributed by atoms with E-state index < -0.39 is 10.8 Å². The zero-order chi connectivity index (χ0) is 14.3. The van der Waals surface area contributed by atoms with Gasteiger partial charge in [-0.15, -0.1) is 0 Å². The summed E-state index contributed by atoms with van der Waals surface area (Å²) in [6, 6.07) is 8.11. The predicted molar refractivity (Wildman–Crippen MR) is 82.2 cm³/mol. The van der Waals surface area contributed by atoms with Crippen molar-refractivity contribution < 1.29 is 8.95 Å². The third-order valence-corrected chi connectivity index (χ3v) is 4.71. The van der Waals surface area contributed by atoms with E-state index in [1.807, 2.05) is 32.0 Å². The number of nitrogens with one attached hydrogen (secondary N) is 1. The molecule has 0 aliphatic rings. The molecule has 2 unspecified atom stereocenters. The van der Waals surface area contributed by atoms with E-state index in [0.717, 1.165) is 24.3 Å².